The van der Waals surface area contributed by atoms with Crippen LogP contribution in [0.4, 0.5) is 4.39 Å². The van der Waals surface area contributed by atoms with Crippen LogP contribution in [0.25, 0.3) is 0 Å². The highest BCUT2D eigenvalue weighted by Gasteiger charge is 2.09. The molecule has 0 fully saturated rings. The van der Waals surface area contributed by atoms with Crippen molar-refractivity contribution >= 4 is 29.9 Å². The average Bonchev–Trinajstić information content (AvgIpc) is 2.59. The summed E-state index contributed by atoms with van der Waals surface area (Å²) < 4.78 is 23.9. The van der Waals surface area contributed by atoms with Gasteiger partial charge in [0.15, 0.2) is 5.96 Å². The topological polar surface area (TPSA) is 66.3 Å². The summed E-state index contributed by atoms with van der Waals surface area (Å²) in [5, 5.41) is 13.2. The number of guanidine groups is 1. The third-order valence-corrected chi connectivity index (χ3v) is 3.42. The zero-order valence-corrected chi connectivity index (χ0v) is 19.0. The summed E-state index contributed by atoms with van der Waals surface area (Å²) in [7, 11) is 1.90. The lowest BCUT2D eigenvalue weighted by atomic mass is 10.2. The molecule has 0 saturated carbocycles. The number of halogens is 2. The maximum absolute atomic E-state index is 12.9. The van der Waals surface area contributed by atoms with Gasteiger partial charge in [0.1, 0.15) is 18.2 Å². The number of nitrogens with one attached hydrogen (secondary N) is 1. The first-order valence-corrected chi connectivity index (χ1v) is 9.06. The van der Waals surface area contributed by atoms with E-state index in [0.29, 0.717) is 37.4 Å². The maximum Gasteiger partial charge on any atom is 0.193 e. The van der Waals surface area contributed by atoms with Crippen molar-refractivity contribution in [2.75, 3.05) is 46.5 Å². The zero-order valence-electron chi connectivity index (χ0n) is 16.7. The van der Waals surface area contributed by atoms with Crippen LogP contribution in [-0.4, -0.2) is 68.6 Å². The van der Waals surface area contributed by atoms with E-state index >= 15 is 0 Å². The van der Waals surface area contributed by atoms with E-state index in [1.807, 2.05) is 18.9 Å². The van der Waals surface area contributed by atoms with Crippen molar-refractivity contribution in [1.82, 2.24) is 10.2 Å². The minimum atomic E-state index is -0.633. The van der Waals surface area contributed by atoms with Gasteiger partial charge in [-0.25, -0.2) is 4.39 Å². The Morgan fingerprint density at radius 1 is 1.26 bits per heavy atom. The molecule has 0 radical (unpaired) electrons. The van der Waals surface area contributed by atoms with Crippen LogP contribution in [0, 0.1) is 11.7 Å². The number of ether oxygens (including phenoxy) is 2. The predicted octanol–water partition coefficient (Wildman–Crippen LogP) is 2.75. The van der Waals surface area contributed by atoms with Gasteiger partial charge < -0.3 is 24.8 Å². The van der Waals surface area contributed by atoms with Gasteiger partial charge in [0.05, 0.1) is 25.8 Å². The number of aliphatic hydroxyl groups is 1. The lowest BCUT2D eigenvalue weighted by molar-refractivity contribution is 0.0300. The number of benzene rings is 1. The van der Waals surface area contributed by atoms with Gasteiger partial charge in [0.25, 0.3) is 0 Å². The molecule has 1 rings (SSSR count). The van der Waals surface area contributed by atoms with Crippen LogP contribution in [0.1, 0.15) is 20.8 Å². The van der Waals surface area contributed by atoms with Gasteiger partial charge in [-0.2, -0.15) is 0 Å². The van der Waals surface area contributed by atoms with Gasteiger partial charge in [-0.15, -0.1) is 24.0 Å². The standard InChI is InChI=1S/C19H32FN3O3.HI/c1-5-21-19(22-12-17(24)14-25-13-15(2)3)23(4)10-11-26-18-8-6-16(20)7-9-18;/h6-9,15,17,24H,5,10-14H2,1-4H3,(H,21,22);1H. The predicted molar refractivity (Wildman–Crippen MR) is 118 cm³/mol. The Morgan fingerprint density at radius 2 is 1.93 bits per heavy atom. The minimum Gasteiger partial charge on any atom is -0.492 e. The highest BCUT2D eigenvalue weighted by Crippen LogP contribution is 2.10. The van der Waals surface area contributed by atoms with E-state index in [2.05, 4.69) is 24.2 Å². The Morgan fingerprint density at radius 3 is 2.52 bits per heavy atom. The number of aliphatic imine (C=N–C) groups is 1. The van der Waals surface area contributed by atoms with E-state index < -0.39 is 6.10 Å². The van der Waals surface area contributed by atoms with Crippen molar-refractivity contribution in [3.8, 4) is 5.75 Å². The van der Waals surface area contributed by atoms with Crippen molar-refractivity contribution in [2.24, 2.45) is 10.9 Å². The third-order valence-electron chi connectivity index (χ3n) is 3.42. The second-order valence-corrected chi connectivity index (χ2v) is 6.50. The molecule has 1 aromatic rings. The Bertz CT molecular complexity index is 529. The Balaban J connectivity index is 0.00000676. The Hall–Kier alpha value is -1.13. The van der Waals surface area contributed by atoms with Gasteiger partial charge >= 0.3 is 0 Å². The molecular formula is C19H33FIN3O3. The van der Waals surface area contributed by atoms with Crippen molar-refractivity contribution in [3.05, 3.63) is 30.1 Å². The van der Waals surface area contributed by atoms with Crippen LogP contribution in [0.5, 0.6) is 5.75 Å². The molecule has 1 aromatic carbocycles. The molecule has 0 amide bonds. The summed E-state index contributed by atoms with van der Waals surface area (Å²) in [6.07, 6.45) is -0.633. The highest BCUT2D eigenvalue weighted by atomic mass is 127. The molecule has 0 aliphatic heterocycles. The molecule has 0 aliphatic carbocycles. The van der Waals surface area contributed by atoms with Gasteiger partial charge in [0.2, 0.25) is 0 Å². The Labute approximate surface area is 179 Å². The van der Waals surface area contributed by atoms with Crippen LogP contribution in [0.3, 0.4) is 0 Å². The Kier molecular flexibility index (Phi) is 14.2. The fraction of sp³-hybridized carbons (Fsp3) is 0.632. The molecule has 0 bridgehead atoms. The van der Waals surface area contributed by atoms with Crippen LogP contribution < -0.4 is 10.1 Å². The lowest BCUT2D eigenvalue weighted by Crippen LogP contribution is -2.41. The molecule has 0 saturated heterocycles. The molecule has 8 heteroatoms. The lowest BCUT2D eigenvalue weighted by Gasteiger charge is -2.22. The molecule has 27 heavy (non-hydrogen) atoms. The van der Waals surface area contributed by atoms with Crippen LogP contribution in [0.15, 0.2) is 29.3 Å². The molecule has 0 heterocycles. The van der Waals surface area contributed by atoms with Gasteiger partial charge in [-0.1, -0.05) is 13.8 Å². The summed E-state index contributed by atoms with van der Waals surface area (Å²) in [5.41, 5.74) is 0. The van der Waals surface area contributed by atoms with E-state index in [0.717, 1.165) is 6.54 Å². The summed E-state index contributed by atoms with van der Waals surface area (Å²) in [5.74, 6) is 1.47. The smallest absolute Gasteiger partial charge is 0.193 e. The second kappa shape index (κ2) is 14.9. The first kappa shape index (κ1) is 25.9. The van der Waals surface area contributed by atoms with E-state index in [-0.39, 0.29) is 42.9 Å². The largest absolute Gasteiger partial charge is 0.492 e. The molecule has 0 aromatic heterocycles. The van der Waals surface area contributed by atoms with Crippen molar-refractivity contribution in [3.63, 3.8) is 0 Å². The zero-order chi connectivity index (χ0) is 19.4. The average molecular weight is 497 g/mol. The molecule has 0 aliphatic rings. The van der Waals surface area contributed by atoms with Gasteiger partial charge in [0, 0.05) is 20.2 Å². The van der Waals surface area contributed by atoms with E-state index in [9.17, 15) is 9.50 Å². The van der Waals surface area contributed by atoms with Crippen molar-refractivity contribution < 1.29 is 19.0 Å². The monoisotopic (exact) mass is 497 g/mol. The SMILES string of the molecule is CCNC(=NCC(O)COCC(C)C)N(C)CCOc1ccc(F)cc1.I. The van der Waals surface area contributed by atoms with E-state index in [1.165, 1.54) is 12.1 Å². The highest BCUT2D eigenvalue weighted by molar-refractivity contribution is 14.0. The van der Waals surface area contributed by atoms with Crippen LogP contribution in [0.2, 0.25) is 0 Å². The quantitative estimate of drug-likeness (QED) is 0.280. The first-order chi connectivity index (χ1) is 12.4. The molecule has 1 unspecified atom stereocenters. The number of hydrogen-bond acceptors (Lipinski definition) is 4. The maximum atomic E-state index is 12.9. The van der Waals surface area contributed by atoms with E-state index in [4.69, 9.17) is 9.47 Å². The van der Waals surface area contributed by atoms with Crippen LogP contribution >= 0.6 is 24.0 Å². The summed E-state index contributed by atoms with van der Waals surface area (Å²) in [6.45, 7) is 9.05. The minimum absolute atomic E-state index is 0. The van der Waals surface area contributed by atoms with Crippen molar-refractivity contribution in [2.45, 2.75) is 26.9 Å². The fourth-order valence-electron chi connectivity index (χ4n) is 2.09. The number of aliphatic hydroxyl groups excluding tert-OH is 1. The molecule has 0 spiro atoms. The molecular weight excluding hydrogens is 464 g/mol. The summed E-state index contributed by atoms with van der Waals surface area (Å²) >= 11 is 0. The van der Waals surface area contributed by atoms with Crippen LogP contribution in [-0.2, 0) is 4.74 Å². The first-order valence-electron chi connectivity index (χ1n) is 9.06. The third kappa shape index (κ3) is 12.0. The fourth-order valence-corrected chi connectivity index (χ4v) is 2.09. The number of rotatable bonds is 11. The second-order valence-electron chi connectivity index (χ2n) is 6.50. The number of nitrogens with zero attached hydrogens (tertiary/aromatic N) is 2. The molecule has 2 N–H and O–H groups in total. The van der Waals surface area contributed by atoms with Gasteiger partial charge in [-0.3, -0.25) is 4.99 Å². The van der Waals surface area contributed by atoms with E-state index in [1.54, 1.807) is 12.1 Å². The van der Waals surface area contributed by atoms with Crippen molar-refractivity contribution in [1.29, 1.82) is 0 Å². The van der Waals surface area contributed by atoms with Gasteiger partial charge in [-0.05, 0) is 37.1 Å². The normalized spacial score (nSPS) is 12.5. The summed E-state index contributed by atoms with van der Waals surface area (Å²) in [6, 6.07) is 5.94. The number of likely N-dealkylation sites (N-methyl/N-ethyl adjacent to an activating group) is 1. The molecule has 156 valence electrons. The summed E-state index contributed by atoms with van der Waals surface area (Å²) in [4.78, 5) is 6.37. The molecule has 6 nitrogen and oxygen atoms in total. The molecule has 1 atom stereocenters. The number of hydrogen-bond donors (Lipinski definition) is 2.